The Bertz CT molecular complexity index is 6550. The first-order valence-corrected chi connectivity index (χ1v) is 117. The van der Waals surface area contributed by atoms with E-state index in [1.165, 1.54) is 28.9 Å². The van der Waals surface area contributed by atoms with Gasteiger partial charge in [0.15, 0.2) is 0 Å². The van der Waals surface area contributed by atoms with Gasteiger partial charge >= 0.3 is 0 Å². The zero-order valence-electron chi connectivity index (χ0n) is 50.1. The molecule has 1 atom stereocenters. The van der Waals surface area contributed by atoms with Crippen LogP contribution in [0.3, 0.4) is 0 Å². The molecule has 614 valence electrons. The van der Waals surface area contributed by atoms with Crippen molar-refractivity contribution in [2.45, 2.75) is 52.1 Å². The van der Waals surface area contributed by atoms with Crippen molar-refractivity contribution in [3.8, 4) is 0 Å². The van der Waals surface area contributed by atoms with Crippen LogP contribution in [-0.4, -0.2) is 65.3 Å². The van der Waals surface area contributed by atoms with Crippen LogP contribution < -0.4 is 0 Å². The summed E-state index contributed by atoms with van der Waals surface area (Å²) in [5.74, 6) is 1.08. The molecule has 2 aliphatic rings. The van der Waals surface area contributed by atoms with Crippen LogP contribution in [0.25, 0.3) is 0 Å². The van der Waals surface area contributed by atoms with Crippen molar-refractivity contribution in [3.05, 3.63) is 69.7 Å². The van der Waals surface area contributed by atoms with Gasteiger partial charge in [-0.15, -0.1) is 0 Å². The van der Waals surface area contributed by atoms with E-state index in [1.807, 2.05) is 509 Å². The molecular weight excluding hydrogens is 2740 g/mol. The van der Waals surface area contributed by atoms with Gasteiger partial charge in [0.05, 0.1) is 6.04 Å². The lowest BCUT2D eigenvalue weighted by molar-refractivity contribution is -0.139. The van der Waals surface area contributed by atoms with Gasteiger partial charge in [-0.3, -0.25) is 14.5 Å². The molecule has 2 heterocycles. The Morgan fingerprint density at radius 2 is 0.547 bits per heavy atom. The zero-order chi connectivity index (χ0) is 75.9. The second-order valence-corrected chi connectivity index (χ2v) is 136. The van der Waals surface area contributed by atoms with Crippen LogP contribution in [0.4, 0.5) is 0 Å². The quantitative estimate of drug-likeness (QED) is 0.370. The molecule has 0 unspecified atom stereocenters. The highest BCUT2D eigenvalue weighted by Crippen LogP contribution is 2.34. The fraction of sp³-hybridized carbons (Fsp3) is 0.517. The number of likely N-dealkylation sites (tertiary alicyclic amines) is 1. The van der Waals surface area contributed by atoms with Crippen LogP contribution >= 0.6 is 23.2 Å². The van der Waals surface area contributed by atoms with Crippen molar-refractivity contribution in [3.63, 3.8) is 0 Å². The van der Waals surface area contributed by atoms with E-state index in [-0.39, 0.29) is 23.9 Å². The molecule has 0 N–H and O–H groups in total. The Hall–Kier alpha value is 13.3. The van der Waals surface area contributed by atoms with E-state index >= 15 is 0 Å². The molecule has 0 bridgehead atoms. The van der Waals surface area contributed by atoms with E-state index in [4.69, 9.17) is 45.6 Å². The van der Waals surface area contributed by atoms with Crippen molar-refractivity contribution >= 4 is 661 Å². The first-order valence-electron chi connectivity index (χ1n) is 24.5. The summed E-state index contributed by atoms with van der Waals surface area (Å²) in [6.45, 7) is 9.89. The fourth-order valence-corrected chi connectivity index (χ4v) is 188. The minimum Gasteiger partial charge on any atom is -0.343 e. The standard InChI is InChI=1S/C29H37Cl2N3O2.S70/c1-20(2)27-19-33(16-17-34(27)28(36)18-22-12-14-32(15-13-22)21(3)35)29(23-4-8-25(30)9-5-23)24-6-10-26(31)11-7-24;1-3-5-7-9-11-13-15-17-19-21-23-25-27-29-31-33-35-37-39-41-43-45-47-49-51-53-55-57-59-61-63-65-67-69-70-68-66-64-62-60-58-56-54-52-50-48-46-44-42-40-38-36-34-32-30-28-26-24-22-20-18-16-14-12-10-8-6-4-2/h4-11,20,22,27,29H,12-19H2,1-3H3;/t27-;/m1./s1. The summed E-state index contributed by atoms with van der Waals surface area (Å²) in [5, 5.41) is 1.44. The third kappa shape index (κ3) is 69.3. The van der Waals surface area contributed by atoms with Gasteiger partial charge in [-0.25, -0.2) is 0 Å². The summed E-state index contributed by atoms with van der Waals surface area (Å²) < 4.78 is 0. The van der Waals surface area contributed by atoms with Gasteiger partial charge in [0.25, 0.3) is 0 Å². The maximum Gasteiger partial charge on any atom is 0.223 e. The molecule has 2 amide bonds. The van der Waals surface area contributed by atoms with Crippen molar-refractivity contribution in [1.29, 1.82) is 0 Å². The first-order chi connectivity index (χ1) is 52.1. The van der Waals surface area contributed by atoms with E-state index < -0.39 is 0 Å². The predicted molar refractivity (Wildman–Crippen MR) is 662 cm³/mol. The third-order valence-electron chi connectivity index (χ3n) is 9.66. The van der Waals surface area contributed by atoms with Gasteiger partial charge in [0.2, 0.25) is 11.8 Å². The monoisotopic (exact) mass is 2770 g/mol. The Morgan fingerprint density at radius 3 is 0.736 bits per heavy atom. The summed E-state index contributed by atoms with van der Waals surface area (Å²) in [5.41, 5.74) is 2.36. The number of benzene rings is 2. The molecule has 2 aromatic rings. The second-order valence-electron chi connectivity index (χ2n) is 15.2. The molecule has 0 aliphatic carbocycles. The molecule has 0 spiro atoms. The number of carbonyl (C=O) groups excluding carboxylic acids is 2. The highest BCUT2D eigenvalue weighted by Gasteiger charge is 2.37. The molecule has 4 rings (SSSR count). The molecule has 0 aromatic heterocycles. The lowest BCUT2D eigenvalue weighted by atomic mass is 9.90. The number of carbonyl (C=O) groups is 2. The normalized spacial score (nSPS) is 11.9. The summed E-state index contributed by atoms with van der Waals surface area (Å²) in [4.78, 5) is 31.6. The molecule has 5 nitrogen and oxygen atoms in total. The Morgan fingerprint density at radius 1 is 0.340 bits per heavy atom. The van der Waals surface area contributed by atoms with E-state index in [1.54, 1.807) is 113 Å². The SMILES string of the molecule is CC(=O)N1CCC(CC(=O)N2CCN(C(c3ccc(Cl)cc3)c3ccc(Cl)cc3)C[C@@H]2C(C)C)CC1.S=S=S=S=S=S=S=S=S=S=S=S=S=S=S=S=S=S=S=S=S=S=S=S=S=S=S=S=S=S=S=S=S=S=S=S=S=S=S=S=S=S=S=S=S=S=S=S=S=S=S=S=S=S=S=S=S=S=S=S=S=S=S=S=S=S=S=S=S=S. The summed E-state index contributed by atoms with van der Waals surface area (Å²) in [6.07, 6.45) is 2.40. The van der Waals surface area contributed by atoms with Gasteiger partial charge in [0.1, 0.15) is 0 Å². The smallest absolute Gasteiger partial charge is 0.223 e. The molecule has 77 heteroatoms. The molecule has 2 saturated heterocycles. The fourth-order valence-electron chi connectivity index (χ4n) is 6.42. The van der Waals surface area contributed by atoms with Gasteiger partial charge in [0, 0.05) is 688 Å². The molecular formula is C29H37Cl2N3O2S70. The Balaban J connectivity index is 0.000000668. The number of hydrogen-bond donors (Lipinski definition) is 0. The van der Waals surface area contributed by atoms with Gasteiger partial charge < -0.3 is 9.80 Å². The topological polar surface area (TPSA) is 43.9 Å². The van der Waals surface area contributed by atoms with Gasteiger partial charge in [-0.2, -0.15) is 0 Å². The number of piperazine rings is 1. The highest BCUT2D eigenvalue weighted by atomic mass is 35.5. The minimum absolute atomic E-state index is 0.0638. The van der Waals surface area contributed by atoms with Gasteiger partial charge in [-0.05, 0) is 60.1 Å². The van der Waals surface area contributed by atoms with Crippen LogP contribution in [0.5, 0.6) is 0 Å². The largest absolute Gasteiger partial charge is 0.343 e. The Labute approximate surface area is 830 Å². The van der Waals surface area contributed by atoms with Crippen molar-refractivity contribution < 1.29 is 9.59 Å². The van der Waals surface area contributed by atoms with Crippen molar-refractivity contribution in [2.24, 2.45) is 11.8 Å². The number of hydrogen-bond acceptors (Lipinski definition) is 5. The number of halogens is 2. The molecule has 2 fully saturated rings. The number of piperidine rings is 1. The van der Waals surface area contributed by atoms with E-state index in [0.29, 0.717) is 24.8 Å². The second kappa shape index (κ2) is 87.6. The maximum absolute atomic E-state index is 13.5. The zero-order valence-corrected chi connectivity index (χ0v) is 109. The summed E-state index contributed by atoms with van der Waals surface area (Å²) in [7, 11) is 122. The predicted octanol–water partition coefficient (Wildman–Crippen LogP) is 5.73. The molecule has 0 radical (unpaired) electrons. The molecule has 2 aliphatic heterocycles. The summed E-state index contributed by atoms with van der Waals surface area (Å²) >= 11 is 22.0. The van der Waals surface area contributed by atoms with E-state index in [2.05, 4.69) is 47.9 Å². The number of rotatable bonds is 6. The van der Waals surface area contributed by atoms with Crippen LogP contribution in [0, 0.1) is 11.8 Å². The minimum atomic E-state index is 0.0638. The molecule has 2 aromatic carbocycles. The van der Waals surface area contributed by atoms with Gasteiger partial charge in [-0.1, -0.05) is 61.3 Å². The van der Waals surface area contributed by atoms with Crippen molar-refractivity contribution in [2.75, 3.05) is 32.7 Å². The summed E-state index contributed by atoms with van der Waals surface area (Å²) in [6, 6.07) is 16.4. The van der Waals surface area contributed by atoms with Crippen molar-refractivity contribution in [1.82, 2.24) is 14.7 Å². The average Bonchev–Trinajstić information content (AvgIpc) is 0.789. The van der Waals surface area contributed by atoms with E-state index in [9.17, 15) is 9.59 Å². The molecule has 106 heavy (non-hydrogen) atoms. The lowest BCUT2D eigenvalue weighted by Crippen LogP contribution is -2.58. The molecule has 0 saturated carbocycles. The first kappa shape index (κ1) is 113. The van der Waals surface area contributed by atoms with Crippen LogP contribution in [0.2, 0.25) is 10.0 Å². The van der Waals surface area contributed by atoms with Crippen LogP contribution in [-0.2, 0) is 636 Å². The third-order valence-corrected chi connectivity index (χ3v) is 159. The number of nitrogens with zero attached hydrogens (tertiary/aromatic N) is 3. The number of amides is 2. The van der Waals surface area contributed by atoms with Crippen LogP contribution in [0.1, 0.15) is 57.2 Å². The maximum atomic E-state index is 13.5. The Kier molecular flexibility index (Phi) is 93.8. The van der Waals surface area contributed by atoms with E-state index in [0.717, 1.165) is 49.1 Å². The highest BCUT2D eigenvalue weighted by molar-refractivity contribution is 8.84. The van der Waals surface area contributed by atoms with Crippen LogP contribution in [0.15, 0.2) is 48.5 Å². The lowest BCUT2D eigenvalue weighted by Gasteiger charge is -2.47. The average molecular weight is 2780 g/mol.